The predicted octanol–water partition coefficient (Wildman–Crippen LogP) is 3.96. The molecule has 2 N–H and O–H groups in total. The molecule has 2 fully saturated rings. The molecule has 6 heteroatoms. The molecule has 0 aromatic heterocycles. The molecular formula is C25H33ClO5. The third-order valence-electron chi connectivity index (χ3n) is 6.65. The lowest BCUT2D eigenvalue weighted by atomic mass is 9.81. The third-order valence-corrected chi connectivity index (χ3v) is 7.15. The second-order valence-electron chi connectivity index (χ2n) is 8.64. The van der Waals surface area contributed by atoms with Gasteiger partial charge in [0.2, 0.25) is 0 Å². The van der Waals surface area contributed by atoms with Crippen molar-refractivity contribution in [3.05, 3.63) is 35.4 Å². The summed E-state index contributed by atoms with van der Waals surface area (Å²) in [5, 5.41) is 21.2. The van der Waals surface area contributed by atoms with Gasteiger partial charge in [0.1, 0.15) is 13.2 Å². The Morgan fingerprint density at radius 3 is 2.58 bits per heavy atom. The standard InChI is InChI=1S/C25H33ClO5/c1-30-23(28)16-31-14-6-5-9-20-21(26)15-22(27)24(20)17-10-12-19(13-11-17)25(29)18-7-3-2-4-8-18/h10-13,18,20-22,24-25,27,29H,2-4,7-9,14-16H2,1H3/t20?,21-,22-,24-,25?/m1/s1. The summed E-state index contributed by atoms with van der Waals surface area (Å²) in [6.07, 6.45) is 5.97. The van der Waals surface area contributed by atoms with Gasteiger partial charge in [-0.3, -0.25) is 0 Å². The molecule has 1 aromatic rings. The molecule has 5 atom stereocenters. The number of alkyl halides is 1. The second kappa shape index (κ2) is 11.9. The van der Waals surface area contributed by atoms with Gasteiger partial charge in [0, 0.05) is 17.7 Å². The lowest BCUT2D eigenvalue weighted by Gasteiger charge is -2.27. The maximum absolute atomic E-state index is 11.0. The summed E-state index contributed by atoms with van der Waals surface area (Å²) in [5.41, 5.74) is 1.98. The van der Waals surface area contributed by atoms with Crippen molar-refractivity contribution >= 4 is 17.6 Å². The van der Waals surface area contributed by atoms with E-state index < -0.39 is 18.2 Å². The number of benzene rings is 1. The molecule has 2 saturated carbocycles. The topological polar surface area (TPSA) is 76.0 Å². The summed E-state index contributed by atoms with van der Waals surface area (Å²) >= 11 is 6.54. The van der Waals surface area contributed by atoms with Gasteiger partial charge in [0.05, 0.1) is 19.3 Å². The van der Waals surface area contributed by atoms with Crippen LogP contribution in [0, 0.1) is 23.7 Å². The van der Waals surface area contributed by atoms with Crippen LogP contribution in [0.25, 0.3) is 0 Å². The average molecular weight is 449 g/mol. The van der Waals surface area contributed by atoms with Crippen LogP contribution in [0.1, 0.15) is 68.1 Å². The highest BCUT2D eigenvalue weighted by Crippen LogP contribution is 2.45. The first kappa shape index (κ1) is 24.1. The number of carbonyl (C=O) groups excluding carboxylic acids is 1. The van der Waals surface area contributed by atoms with Crippen LogP contribution in [0.3, 0.4) is 0 Å². The summed E-state index contributed by atoms with van der Waals surface area (Å²) in [6.45, 7) is 0.0306. The molecule has 2 aliphatic rings. The van der Waals surface area contributed by atoms with Crippen LogP contribution in [0.2, 0.25) is 0 Å². The number of hydrogen-bond donors (Lipinski definition) is 2. The minimum absolute atomic E-state index is 0.0268. The van der Waals surface area contributed by atoms with E-state index in [4.69, 9.17) is 16.3 Å². The molecule has 0 spiro atoms. The van der Waals surface area contributed by atoms with Gasteiger partial charge >= 0.3 is 5.97 Å². The van der Waals surface area contributed by atoms with Crippen LogP contribution in [-0.4, -0.2) is 48.0 Å². The van der Waals surface area contributed by atoms with Crippen LogP contribution in [0.5, 0.6) is 0 Å². The van der Waals surface area contributed by atoms with Crippen LogP contribution in [0.4, 0.5) is 0 Å². The summed E-state index contributed by atoms with van der Waals surface area (Å²) in [7, 11) is 1.31. The number of esters is 1. The molecule has 0 bridgehead atoms. The van der Waals surface area contributed by atoms with Crippen molar-refractivity contribution in [2.45, 2.75) is 68.4 Å². The molecule has 31 heavy (non-hydrogen) atoms. The van der Waals surface area contributed by atoms with Gasteiger partial charge < -0.3 is 19.7 Å². The Morgan fingerprint density at radius 1 is 1.19 bits per heavy atom. The van der Waals surface area contributed by atoms with Gasteiger partial charge in [0.25, 0.3) is 0 Å². The summed E-state index contributed by atoms with van der Waals surface area (Å²) in [4.78, 5) is 11.0. The summed E-state index contributed by atoms with van der Waals surface area (Å²) in [6, 6.07) is 8.02. The molecule has 0 amide bonds. The van der Waals surface area contributed by atoms with Crippen molar-refractivity contribution in [2.75, 3.05) is 20.3 Å². The van der Waals surface area contributed by atoms with Crippen molar-refractivity contribution < 1.29 is 24.5 Å². The van der Waals surface area contributed by atoms with E-state index in [9.17, 15) is 15.0 Å². The normalized spacial score (nSPS) is 27.4. The molecule has 0 heterocycles. The zero-order valence-electron chi connectivity index (χ0n) is 18.1. The molecule has 3 rings (SSSR count). The van der Waals surface area contributed by atoms with Crippen LogP contribution in [0.15, 0.2) is 24.3 Å². The molecule has 0 saturated heterocycles. The van der Waals surface area contributed by atoms with Gasteiger partial charge in [-0.05, 0) is 42.2 Å². The quantitative estimate of drug-likeness (QED) is 0.286. The zero-order chi connectivity index (χ0) is 22.2. The highest BCUT2D eigenvalue weighted by molar-refractivity contribution is 6.21. The molecule has 1 aromatic carbocycles. The van der Waals surface area contributed by atoms with Crippen LogP contribution >= 0.6 is 11.6 Å². The van der Waals surface area contributed by atoms with Gasteiger partial charge in [-0.1, -0.05) is 49.4 Å². The Labute approximate surface area is 190 Å². The Morgan fingerprint density at radius 2 is 1.90 bits per heavy atom. The predicted molar refractivity (Wildman–Crippen MR) is 120 cm³/mol. The Bertz CT molecular complexity index is 762. The average Bonchev–Trinajstić information content (AvgIpc) is 3.08. The lowest BCUT2D eigenvalue weighted by Crippen LogP contribution is -2.19. The van der Waals surface area contributed by atoms with E-state index in [2.05, 4.69) is 16.6 Å². The Balaban J connectivity index is 1.60. The number of aliphatic hydroxyl groups excluding tert-OH is 2. The highest BCUT2D eigenvalue weighted by atomic mass is 35.5. The minimum Gasteiger partial charge on any atom is -0.467 e. The number of halogens is 1. The van der Waals surface area contributed by atoms with Crippen molar-refractivity contribution in [3.63, 3.8) is 0 Å². The minimum atomic E-state index is -0.515. The van der Waals surface area contributed by atoms with E-state index in [1.807, 2.05) is 24.3 Å². The number of aliphatic hydroxyl groups is 2. The van der Waals surface area contributed by atoms with Crippen molar-refractivity contribution in [2.24, 2.45) is 11.8 Å². The van der Waals surface area contributed by atoms with Gasteiger partial charge in [-0.25, -0.2) is 4.79 Å². The van der Waals surface area contributed by atoms with Crippen LogP contribution in [-0.2, 0) is 14.3 Å². The van der Waals surface area contributed by atoms with Gasteiger partial charge in [-0.2, -0.15) is 0 Å². The highest BCUT2D eigenvalue weighted by Gasteiger charge is 2.42. The fourth-order valence-corrected chi connectivity index (χ4v) is 5.34. The Hall–Kier alpha value is -1.58. The number of hydrogen-bond acceptors (Lipinski definition) is 5. The number of ether oxygens (including phenoxy) is 2. The van der Waals surface area contributed by atoms with E-state index in [0.29, 0.717) is 18.8 Å². The smallest absolute Gasteiger partial charge is 0.331 e. The van der Waals surface area contributed by atoms with Crippen molar-refractivity contribution in [1.82, 2.24) is 0 Å². The molecular weight excluding hydrogens is 416 g/mol. The number of rotatable bonds is 7. The largest absolute Gasteiger partial charge is 0.467 e. The van der Waals surface area contributed by atoms with Gasteiger partial charge in [0.15, 0.2) is 0 Å². The maximum Gasteiger partial charge on any atom is 0.331 e. The fraction of sp³-hybridized carbons (Fsp3) is 0.640. The first-order chi connectivity index (χ1) is 15.0. The van der Waals surface area contributed by atoms with E-state index in [1.54, 1.807) is 0 Å². The summed E-state index contributed by atoms with van der Waals surface area (Å²) < 4.78 is 9.65. The zero-order valence-corrected chi connectivity index (χ0v) is 18.9. The van der Waals surface area contributed by atoms with Gasteiger partial charge in [-0.15, -0.1) is 17.5 Å². The molecule has 5 nitrogen and oxygen atoms in total. The van der Waals surface area contributed by atoms with E-state index in [0.717, 1.165) is 24.0 Å². The first-order valence-electron chi connectivity index (χ1n) is 11.2. The van der Waals surface area contributed by atoms with E-state index in [-0.39, 0.29) is 30.4 Å². The van der Waals surface area contributed by atoms with Crippen molar-refractivity contribution in [1.29, 1.82) is 0 Å². The molecule has 0 aliphatic heterocycles. The first-order valence-corrected chi connectivity index (χ1v) is 11.6. The molecule has 2 unspecified atom stereocenters. The summed E-state index contributed by atoms with van der Waals surface area (Å²) in [5.74, 6) is 5.83. The molecule has 170 valence electrons. The monoisotopic (exact) mass is 448 g/mol. The van der Waals surface area contributed by atoms with Crippen LogP contribution < -0.4 is 0 Å². The number of carbonyl (C=O) groups is 1. The third kappa shape index (κ3) is 6.46. The van der Waals surface area contributed by atoms with E-state index >= 15 is 0 Å². The van der Waals surface area contributed by atoms with E-state index in [1.165, 1.54) is 26.4 Å². The Kier molecular flexibility index (Phi) is 9.22. The lowest BCUT2D eigenvalue weighted by molar-refractivity contribution is -0.145. The second-order valence-corrected chi connectivity index (χ2v) is 9.21. The number of methoxy groups -OCH3 is 1. The van der Waals surface area contributed by atoms with Crippen molar-refractivity contribution in [3.8, 4) is 11.8 Å². The fourth-order valence-electron chi connectivity index (χ4n) is 4.91. The molecule has 0 radical (unpaired) electrons. The molecule has 2 aliphatic carbocycles. The SMILES string of the molecule is COC(=O)COCC#CCC1[C@H](Cl)C[C@@H](O)[C@@H]1c1ccc(C(O)C2CCCCC2)cc1. The maximum atomic E-state index is 11.0.